The summed E-state index contributed by atoms with van der Waals surface area (Å²) in [7, 11) is 3.71. The Kier molecular flexibility index (Phi) is 4.58. The first-order valence-corrected chi connectivity index (χ1v) is 6.75. The zero-order chi connectivity index (χ0) is 14.5. The van der Waals surface area contributed by atoms with Crippen molar-refractivity contribution in [1.29, 1.82) is 0 Å². The highest BCUT2D eigenvalue weighted by molar-refractivity contribution is 7.80. The van der Waals surface area contributed by atoms with Gasteiger partial charge in [0.2, 0.25) is 0 Å². The molecule has 0 aliphatic rings. The number of hydrogen-bond acceptors (Lipinski definition) is 3. The van der Waals surface area contributed by atoms with Crippen molar-refractivity contribution >= 4 is 22.9 Å². The van der Waals surface area contributed by atoms with Crippen molar-refractivity contribution in [3.05, 3.63) is 59.7 Å². The highest BCUT2D eigenvalue weighted by Crippen LogP contribution is 2.19. The Morgan fingerprint density at radius 2 is 1.95 bits per heavy atom. The van der Waals surface area contributed by atoms with Crippen LogP contribution in [0.5, 0.6) is 5.75 Å². The van der Waals surface area contributed by atoms with Gasteiger partial charge in [0.05, 0.1) is 7.11 Å². The lowest BCUT2D eigenvalue weighted by atomic mass is 10.1. The number of nitrogens with zero attached hydrogens (tertiary/aromatic N) is 1. The van der Waals surface area contributed by atoms with Gasteiger partial charge in [-0.1, -0.05) is 36.5 Å². The molecule has 0 aliphatic heterocycles. The van der Waals surface area contributed by atoms with Gasteiger partial charge >= 0.3 is 0 Å². The molecule has 2 aromatic rings. The Morgan fingerprint density at radius 3 is 2.65 bits per heavy atom. The molecular formula is C16H18N2OS. The summed E-state index contributed by atoms with van der Waals surface area (Å²) < 4.78 is 5.24. The normalized spacial score (nSPS) is 10.1. The molecule has 0 spiro atoms. The summed E-state index contributed by atoms with van der Waals surface area (Å²) in [6.07, 6.45) is 0. The van der Waals surface area contributed by atoms with Crippen LogP contribution in [0.4, 0.5) is 5.69 Å². The Bertz CT molecular complexity index is 613. The molecule has 20 heavy (non-hydrogen) atoms. The first-order chi connectivity index (χ1) is 9.60. The largest absolute Gasteiger partial charge is 0.497 e. The van der Waals surface area contributed by atoms with Gasteiger partial charge < -0.3 is 15.4 Å². The number of benzene rings is 2. The third kappa shape index (κ3) is 3.48. The van der Waals surface area contributed by atoms with Crippen molar-refractivity contribution in [2.24, 2.45) is 5.73 Å². The SMILES string of the molecule is COc1cccc(CN(C)c2cccc(C(N)=S)c2)c1. The van der Waals surface area contributed by atoms with Crippen LogP contribution in [-0.2, 0) is 6.54 Å². The first-order valence-electron chi connectivity index (χ1n) is 6.34. The van der Waals surface area contributed by atoms with Crippen LogP contribution in [0.25, 0.3) is 0 Å². The molecule has 0 fully saturated rings. The lowest BCUT2D eigenvalue weighted by Crippen LogP contribution is -2.17. The van der Waals surface area contributed by atoms with E-state index in [9.17, 15) is 0 Å². The van der Waals surface area contributed by atoms with Crippen LogP contribution in [0.2, 0.25) is 0 Å². The Labute approximate surface area is 125 Å². The van der Waals surface area contributed by atoms with Gasteiger partial charge in [-0.15, -0.1) is 0 Å². The topological polar surface area (TPSA) is 38.5 Å². The van der Waals surface area contributed by atoms with E-state index in [-0.39, 0.29) is 0 Å². The molecule has 2 N–H and O–H groups in total. The van der Waals surface area contributed by atoms with Crippen molar-refractivity contribution in [2.45, 2.75) is 6.54 Å². The third-order valence-corrected chi connectivity index (χ3v) is 3.36. The Hall–Kier alpha value is -2.07. The fourth-order valence-electron chi connectivity index (χ4n) is 2.03. The van der Waals surface area contributed by atoms with Gasteiger partial charge in [-0.05, 0) is 29.8 Å². The molecule has 0 amide bonds. The quantitative estimate of drug-likeness (QED) is 0.858. The number of methoxy groups -OCH3 is 1. The summed E-state index contributed by atoms with van der Waals surface area (Å²) in [4.78, 5) is 2.57. The van der Waals surface area contributed by atoms with Gasteiger partial charge in [0.15, 0.2) is 0 Å². The average Bonchev–Trinajstić information content (AvgIpc) is 2.47. The molecule has 0 unspecified atom stereocenters. The first kappa shape index (κ1) is 14.3. The van der Waals surface area contributed by atoms with E-state index in [0.717, 1.165) is 23.5 Å². The Balaban J connectivity index is 2.16. The standard InChI is InChI=1S/C16H18N2OS/c1-18(11-12-5-3-8-15(9-12)19-2)14-7-4-6-13(10-14)16(17)20/h3-10H,11H2,1-2H3,(H2,17,20). The summed E-state index contributed by atoms with van der Waals surface area (Å²) >= 11 is 5.01. The molecule has 3 nitrogen and oxygen atoms in total. The molecule has 0 saturated carbocycles. The molecule has 0 aliphatic carbocycles. The summed E-state index contributed by atoms with van der Waals surface area (Å²) in [6, 6.07) is 16.0. The van der Waals surface area contributed by atoms with Gasteiger partial charge in [0.1, 0.15) is 10.7 Å². The molecule has 0 aromatic heterocycles. The zero-order valence-electron chi connectivity index (χ0n) is 11.7. The molecule has 0 saturated heterocycles. The number of hydrogen-bond donors (Lipinski definition) is 1. The van der Waals surface area contributed by atoms with Crippen molar-refractivity contribution in [3.63, 3.8) is 0 Å². The number of ether oxygens (including phenoxy) is 1. The van der Waals surface area contributed by atoms with E-state index in [1.165, 1.54) is 5.56 Å². The lowest BCUT2D eigenvalue weighted by Gasteiger charge is -2.20. The van der Waals surface area contributed by atoms with E-state index in [4.69, 9.17) is 22.7 Å². The maximum Gasteiger partial charge on any atom is 0.119 e. The molecule has 2 rings (SSSR count). The minimum atomic E-state index is 0.418. The minimum absolute atomic E-state index is 0.418. The fraction of sp³-hybridized carbons (Fsp3) is 0.188. The van der Waals surface area contributed by atoms with Crippen molar-refractivity contribution < 1.29 is 4.74 Å². The van der Waals surface area contributed by atoms with E-state index >= 15 is 0 Å². The van der Waals surface area contributed by atoms with Crippen molar-refractivity contribution in [2.75, 3.05) is 19.1 Å². The molecule has 0 bridgehead atoms. The molecule has 2 aromatic carbocycles. The van der Waals surface area contributed by atoms with Crippen molar-refractivity contribution in [3.8, 4) is 5.75 Å². The lowest BCUT2D eigenvalue weighted by molar-refractivity contribution is 0.414. The molecule has 0 heterocycles. The summed E-state index contributed by atoms with van der Waals surface area (Å²) in [5, 5.41) is 0. The van der Waals surface area contributed by atoms with Crippen LogP contribution in [0.15, 0.2) is 48.5 Å². The van der Waals surface area contributed by atoms with Gasteiger partial charge in [0, 0.05) is 24.8 Å². The van der Waals surface area contributed by atoms with Gasteiger partial charge in [-0.25, -0.2) is 0 Å². The number of nitrogens with two attached hydrogens (primary N) is 1. The predicted molar refractivity (Wildman–Crippen MR) is 87.4 cm³/mol. The fourth-order valence-corrected chi connectivity index (χ4v) is 2.16. The predicted octanol–water partition coefficient (Wildman–Crippen LogP) is 2.97. The Morgan fingerprint density at radius 1 is 1.20 bits per heavy atom. The summed E-state index contributed by atoms with van der Waals surface area (Å²) in [5.41, 5.74) is 8.82. The average molecular weight is 286 g/mol. The molecular weight excluding hydrogens is 268 g/mol. The van der Waals surface area contributed by atoms with Crippen molar-refractivity contribution in [1.82, 2.24) is 0 Å². The molecule has 4 heteroatoms. The maximum atomic E-state index is 5.67. The highest BCUT2D eigenvalue weighted by Gasteiger charge is 2.05. The van der Waals surface area contributed by atoms with E-state index in [0.29, 0.717) is 4.99 Å². The number of anilines is 1. The second kappa shape index (κ2) is 6.39. The van der Waals surface area contributed by atoms with Gasteiger partial charge in [0.25, 0.3) is 0 Å². The second-order valence-corrected chi connectivity index (χ2v) is 5.06. The van der Waals surface area contributed by atoms with Crippen LogP contribution >= 0.6 is 12.2 Å². The molecule has 104 valence electrons. The zero-order valence-corrected chi connectivity index (χ0v) is 12.5. The smallest absolute Gasteiger partial charge is 0.119 e. The van der Waals surface area contributed by atoms with Gasteiger partial charge in [-0.2, -0.15) is 0 Å². The summed E-state index contributed by atoms with van der Waals surface area (Å²) in [5.74, 6) is 0.868. The molecule has 0 atom stereocenters. The van der Waals surface area contributed by atoms with Crippen LogP contribution in [0.3, 0.4) is 0 Å². The molecule has 0 radical (unpaired) electrons. The van der Waals surface area contributed by atoms with Crippen LogP contribution < -0.4 is 15.4 Å². The maximum absolute atomic E-state index is 5.67. The third-order valence-electron chi connectivity index (χ3n) is 3.13. The van der Waals surface area contributed by atoms with Crippen LogP contribution in [0.1, 0.15) is 11.1 Å². The van der Waals surface area contributed by atoms with E-state index < -0.39 is 0 Å². The number of thiocarbonyl (C=S) groups is 1. The van der Waals surface area contributed by atoms with Crippen LogP contribution in [0, 0.1) is 0 Å². The monoisotopic (exact) mass is 286 g/mol. The van der Waals surface area contributed by atoms with E-state index in [2.05, 4.69) is 11.0 Å². The van der Waals surface area contributed by atoms with Gasteiger partial charge in [-0.3, -0.25) is 0 Å². The van der Waals surface area contributed by atoms with E-state index in [1.54, 1.807) is 7.11 Å². The summed E-state index contributed by atoms with van der Waals surface area (Å²) in [6.45, 7) is 0.790. The number of rotatable bonds is 5. The minimum Gasteiger partial charge on any atom is -0.497 e. The van der Waals surface area contributed by atoms with Crippen LogP contribution in [-0.4, -0.2) is 19.1 Å². The highest BCUT2D eigenvalue weighted by atomic mass is 32.1. The van der Waals surface area contributed by atoms with E-state index in [1.807, 2.05) is 49.5 Å². The second-order valence-electron chi connectivity index (χ2n) is 4.62.